The van der Waals surface area contributed by atoms with Crippen molar-refractivity contribution in [2.45, 2.75) is 50.7 Å². The molecule has 9 heteroatoms. The Morgan fingerprint density at radius 1 is 1.30 bits per heavy atom. The van der Waals surface area contributed by atoms with Crippen LogP contribution in [0.15, 0.2) is 24.3 Å². The third-order valence-corrected chi connectivity index (χ3v) is 5.12. The number of nitrogens with zero attached hydrogens (tertiary/aromatic N) is 1. The molecule has 0 aromatic heterocycles. The number of rotatable bonds is 5. The van der Waals surface area contributed by atoms with Gasteiger partial charge in [0.25, 0.3) is 5.91 Å². The number of anilines is 1. The predicted octanol–water partition coefficient (Wildman–Crippen LogP) is 2.22. The smallest absolute Gasteiger partial charge is 0.329 e. The Hall–Kier alpha value is -1.83. The molecular formula is C18H24Cl2N4O3. The van der Waals surface area contributed by atoms with Gasteiger partial charge < -0.3 is 16.0 Å². The van der Waals surface area contributed by atoms with Gasteiger partial charge in [0.15, 0.2) is 0 Å². The second kappa shape index (κ2) is 9.39. The average Bonchev–Trinajstić information content (AvgIpc) is 2.90. The van der Waals surface area contributed by atoms with Gasteiger partial charge in [-0.3, -0.25) is 9.59 Å². The summed E-state index contributed by atoms with van der Waals surface area (Å²) < 4.78 is 0. The lowest BCUT2D eigenvalue weighted by molar-refractivity contribution is -0.122. The van der Waals surface area contributed by atoms with Crippen LogP contribution in [0.2, 0.25) is 5.02 Å². The van der Waals surface area contributed by atoms with Crippen LogP contribution in [0.5, 0.6) is 0 Å². The summed E-state index contributed by atoms with van der Waals surface area (Å²) in [6.07, 6.45) is 2.44. The third kappa shape index (κ3) is 5.12. The van der Waals surface area contributed by atoms with E-state index in [4.69, 9.17) is 11.6 Å². The SMILES string of the molecule is CC1NCCCC1NC(=O)CCC1NC(=O)N(c2ccc(Cl)cc2)C1=O.Cl. The molecule has 3 unspecified atom stereocenters. The summed E-state index contributed by atoms with van der Waals surface area (Å²) in [4.78, 5) is 37.9. The number of nitrogens with one attached hydrogen (secondary N) is 3. The molecule has 2 heterocycles. The number of piperidine rings is 1. The van der Waals surface area contributed by atoms with Crippen LogP contribution in [-0.4, -0.2) is 42.5 Å². The molecule has 1 aromatic carbocycles. The lowest BCUT2D eigenvalue weighted by atomic mass is 9.99. The topological polar surface area (TPSA) is 90.5 Å². The van der Waals surface area contributed by atoms with E-state index in [1.54, 1.807) is 24.3 Å². The van der Waals surface area contributed by atoms with Crippen LogP contribution in [-0.2, 0) is 9.59 Å². The fourth-order valence-corrected chi connectivity index (χ4v) is 3.48. The normalized spacial score (nSPS) is 25.0. The van der Waals surface area contributed by atoms with Crippen molar-refractivity contribution in [3.8, 4) is 0 Å². The van der Waals surface area contributed by atoms with Crippen LogP contribution in [0.25, 0.3) is 0 Å². The Bertz CT molecular complexity index is 698. The Morgan fingerprint density at radius 2 is 2.00 bits per heavy atom. The Labute approximate surface area is 169 Å². The van der Waals surface area contributed by atoms with E-state index in [9.17, 15) is 14.4 Å². The number of imide groups is 1. The zero-order valence-electron chi connectivity index (χ0n) is 15.0. The number of urea groups is 1. The molecule has 0 saturated carbocycles. The molecule has 4 amide bonds. The molecule has 2 fully saturated rings. The van der Waals surface area contributed by atoms with Crippen molar-refractivity contribution in [1.82, 2.24) is 16.0 Å². The Morgan fingerprint density at radius 3 is 2.67 bits per heavy atom. The number of hydrogen-bond donors (Lipinski definition) is 3. The molecule has 3 rings (SSSR count). The van der Waals surface area contributed by atoms with Gasteiger partial charge in [-0.25, -0.2) is 9.69 Å². The maximum Gasteiger partial charge on any atom is 0.329 e. The first-order valence-corrected chi connectivity index (χ1v) is 9.26. The van der Waals surface area contributed by atoms with E-state index >= 15 is 0 Å². The summed E-state index contributed by atoms with van der Waals surface area (Å²) in [6.45, 7) is 3.02. The van der Waals surface area contributed by atoms with Crippen molar-refractivity contribution in [2.24, 2.45) is 0 Å². The van der Waals surface area contributed by atoms with Crippen LogP contribution < -0.4 is 20.9 Å². The number of hydrogen-bond acceptors (Lipinski definition) is 4. The highest BCUT2D eigenvalue weighted by molar-refractivity contribution is 6.30. The Kier molecular flexibility index (Phi) is 7.47. The molecule has 27 heavy (non-hydrogen) atoms. The van der Waals surface area contributed by atoms with E-state index in [0.29, 0.717) is 10.7 Å². The zero-order valence-corrected chi connectivity index (χ0v) is 16.6. The molecule has 0 aliphatic carbocycles. The number of halogens is 2. The van der Waals surface area contributed by atoms with E-state index in [2.05, 4.69) is 22.9 Å². The molecule has 2 saturated heterocycles. The lowest BCUT2D eigenvalue weighted by Crippen LogP contribution is -2.52. The second-order valence-electron chi connectivity index (χ2n) is 6.75. The van der Waals surface area contributed by atoms with Gasteiger partial charge >= 0.3 is 6.03 Å². The van der Waals surface area contributed by atoms with E-state index in [1.807, 2.05) is 0 Å². The Balaban J connectivity index is 0.00000261. The number of benzene rings is 1. The van der Waals surface area contributed by atoms with Crippen LogP contribution in [0.1, 0.15) is 32.6 Å². The summed E-state index contributed by atoms with van der Waals surface area (Å²) in [6, 6.07) is 5.66. The van der Waals surface area contributed by atoms with E-state index in [-0.39, 0.29) is 49.1 Å². The van der Waals surface area contributed by atoms with Gasteiger partial charge in [-0.1, -0.05) is 11.6 Å². The van der Waals surface area contributed by atoms with Crippen LogP contribution in [0.4, 0.5) is 10.5 Å². The lowest BCUT2D eigenvalue weighted by Gasteiger charge is -2.30. The van der Waals surface area contributed by atoms with Crippen LogP contribution in [0.3, 0.4) is 0 Å². The van der Waals surface area contributed by atoms with Crippen molar-refractivity contribution < 1.29 is 14.4 Å². The van der Waals surface area contributed by atoms with Crippen molar-refractivity contribution in [3.05, 3.63) is 29.3 Å². The third-order valence-electron chi connectivity index (χ3n) is 4.87. The molecule has 1 aromatic rings. The standard InChI is InChI=1S/C18H23ClN4O3.ClH/c1-11-14(3-2-10-20-11)21-16(24)9-8-15-17(25)23(18(26)22-15)13-6-4-12(19)5-7-13;/h4-7,11,14-15,20H,2-3,8-10H2,1H3,(H,21,24)(H,22,26);1H. The number of amides is 4. The minimum Gasteiger partial charge on any atom is -0.352 e. The predicted molar refractivity (Wildman–Crippen MR) is 106 cm³/mol. The second-order valence-corrected chi connectivity index (χ2v) is 7.19. The molecular weight excluding hydrogens is 391 g/mol. The van der Waals surface area contributed by atoms with Crippen molar-refractivity contribution in [3.63, 3.8) is 0 Å². The fraction of sp³-hybridized carbons (Fsp3) is 0.500. The summed E-state index contributed by atoms with van der Waals surface area (Å²) in [7, 11) is 0. The number of carbonyl (C=O) groups excluding carboxylic acids is 3. The summed E-state index contributed by atoms with van der Waals surface area (Å²) in [5.74, 6) is -0.449. The van der Waals surface area contributed by atoms with Crippen LogP contribution >= 0.6 is 24.0 Å². The van der Waals surface area contributed by atoms with Gasteiger partial charge in [-0.15, -0.1) is 12.4 Å². The monoisotopic (exact) mass is 414 g/mol. The molecule has 0 bridgehead atoms. The molecule has 3 atom stereocenters. The summed E-state index contributed by atoms with van der Waals surface area (Å²) >= 11 is 5.84. The van der Waals surface area contributed by atoms with Gasteiger partial charge in [0, 0.05) is 23.5 Å². The average molecular weight is 415 g/mol. The van der Waals surface area contributed by atoms with Gasteiger partial charge in [-0.2, -0.15) is 0 Å². The molecule has 0 spiro atoms. The van der Waals surface area contributed by atoms with Gasteiger partial charge in [0.1, 0.15) is 6.04 Å². The van der Waals surface area contributed by atoms with Crippen LogP contribution in [0, 0.1) is 0 Å². The molecule has 148 valence electrons. The summed E-state index contributed by atoms with van der Waals surface area (Å²) in [5, 5.41) is 9.52. The van der Waals surface area contributed by atoms with Gasteiger partial charge in [0.2, 0.25) is 5.91 Å². The minimum absolute atomic E-state index is 0. The zero-order chi connectivity index (χ0) is 18.7. The molecule has 3 N–H and O–H groups in total. The van der Waals surface area contributed by atoms with E-state index in [1.165, 1.54) is 0 Å². The van der Waals surface area contributed by atoms with E-state index < -0.39 is 12.1 Å². The minimum atomic E-state index is -0.689. The maximum absolute atomic E-state index is 12.5. The van der Waals surface area contributed by atoms with E-state index in [0.717, 1.165) is 24.3 Å². The van der Waals surface area contributed by atoms with Crippen molar-refractivity contribution >= 4 is 47.5 Å². The quantitative estimate of drug-likeness (QED) is 0.644. The number of carbonyl (C=O) groups is 3. The summed E-state index contributed by atoms with van der Waals surface area (Å²) in [5.41, 5.74) is 0.464. The first kappa shape index (κ1) is 21.5. The first-order valence-electron chi connectivity index (χ1n) is 8.88. The largest absolute Gasteiger partial charge is 0.352 e. The highest BCUT2D eigenvalue weighted by Gasteiger charge is 2.39. The molecule has 0 radical (unpaired) electrons. The molecule has 2 aliphatic rings. The highest BCUT2D eigenvalue weighted by Crippen LogP contribution is 2.23. The highest BCUT2D eigenvalue weighted by atomic mass is 35.5. The first-order chi connectivity index (χ1) is 12.5. The van der Waals surface area contributed by atoms with Crippen molar-refractivity contribution in [1.29, 1.82) is 0 Å². The van der Waals surface area contributed by atoms with Gasteiger partial charge in [-0.05, 0) is 57.0 Å². The van der Waals surface area contributed by atoms with Crippen molar-refractivity contribution in [2.75, 3.05) is 11.4 Å². The fourth-order valence-electron chi connectivity index (χ4n) is 3.36. The molecule has 2 aliphatic heterocycles. The molecule has 7 nitrogen and oxygen atoms in total. The maximum atomic E-state index is 12.5. The van der Waals surface area contributed by atoms with Gasteiger partial charge in [0.05, 0.1) is 5.69 Å².